The van der Waals surface area contributed by atoms with Gasteiger partial charge in [-0.1, -0.05) is 23.7 Å². The van der Waals surface area contributed by atoms with Crippen LogP contribution in [0, 0.1) is 6.92 Å². The first-order valence-electron chi connectivity index (χ1n) is 5.57. The lowest BCUT2D eigenvalue weighted by Gasteiger charge is -2.09. The van der Waals surface area contributed by atoms with Crippen LogP contribution in [0.2, 0.25) is 5.02 Å². The van der Waals surface area contributed by atoms with E-state index in [2.05, 4.69) is 5.32 Å². The first-order valence-corrected chi connectivity index (χ1v) is 5.95. The minimum absolute atomic E-state index is 0.0572. The summed E-state index contributed by atoms with van der Waals surface area (Å²) >= 11 is 5.68. The number of hydrogen-bond acceptors (Lipinski definition) is 3. The van der Waals surface area contributed by atoms with Crippen molar-refractivity contribution >= 4 is 23.2 Å². The van der Waals surface area contributed by atoms with Gasteiger partial charge in [-0.15, -0.1) is 0 Å². The third-order valence-electron chi connectivity index (χ3n) is 2.69. The molecule has 0 aliphatic rings. The van der Waals surface area contributed by atoms with E-state index in [0.717, 1.165) is 0 Å². The van der Waals surface area contributed by atoms with Gasteiger partial charge in [0.1, 0.15) is 11.5 Å². The fraction of sp³-hybridized carbons (Fsp3) is 0.0714. The van der Waals surface area contributed by atoms with Crippen molar-refractivity contribution in [2.24, 2.45) is 0 Å². The van der Waals surface area contributed by atoms with Crippen molar-refractivity contribution in [1.82, 2.24) is 0 Å². The lowest BCUT2D eigenvalue weighted by atomic mass is 10.1. The third-order valence-corrected chi connectivity index (χ3v) is 3.01. The van der Waals surface area contributed by atoms with Crippen LogP contribution in [-0.2, 0) is 0 Å². The number of amides is 1. The summed E-state index contributed by atoms with van der Waals surface area (Å²) < 4.78 is 0. The molecule has 0 aliphatic carbocycles. The Morgan fingerprint density at radius 2 is 1.95 bits per heavy atom. The molecule has 2 rings (SSSR count). The molecule has 0 saturated heterocycles. The zero-order valence-electron chi connectivity index (χ0n) is 10.1. The maximum Gasteiger partial charge on any atom is 0.259 e. The van der Waals surface area contributed by atoms with E-state index in [1.165, 1.54) is 18.2 Å². The number of benzene rings is 2. The minimum Gasteiger partial charge on any atom is -0.507 e. The highest BCUT2D eigenvalue weighted by atomic mass is 35.5. The molecule has 0 radical (unpaired) electrons. The van der Waals surface area contributed by atoms with E-state index in [9.17, 15) is 15.0 Å². The molecule has 3 N–H and O–H groups in total. The molecule has 4 nitrogen and oxygen atoms in total. The van der Waals surface area contributed by atoms with Crippen LogP contribution < -0.4 is 5.32 Å². The van der Waals surface area contributed by atoms with Gasteiger partial charge in [0, 0.05) is 11.8 Å². The summed E-state index contributed by atoms with van der Waals surface area (Å²) in [7, 11) is 0. The summed E-state index contributed by atoms with van der Waals surface area (Å²) in [5, 5.41) is 22.0. The predicted molar refractivity (Wildman–Crippen MR) is 73.9 cm³/mol. The van der Waals surface area contributed by atoms with Crippen LogP contribution in [0.3, 0.4) is 0 Å². The van der Waals surface area contributed by atoms with Crippen molar-refractivity contribution < 1.29 is 15.0 Å². The van der Waals surface area contributed by atoms with Gasteiger partial charge in [-0.05, 0) is 30.7 Å². The molecule has 98 valence electrons. The van der Waals surface area contributed by atoms with Crippen molar-refractivity contribution in [2.45, 2.75) is 6.92 Å². The Morgan fingerprint density at radius 1 is 1.21 bits per heavy atom. The first kappa shape index (κ1) is 13.2. The average Bonchev–Trinajstić information content (AvgIpc) is 2.37. The van der Waals surface area contributed by atoms with Crippen LogP contribution in [-0.4, -0.2) is 16.1 Å². The van der Waals surface area contributed by atoms with Crippen molar-refractivity contribution in [3.05, 3.63) is 52.5 Å². The SMILES string of the molecule is Cc1cccc(C(=O)Nc2ccc(Cl)c(O)c2)c1O. The Hall–Kier alpha value is -2.20. The Morgan fingerprint density at radius 3 is 2.63 bits per heavy atom. The second kappa shape index (κ2) is 5.20. The van der Waals surface area contributed by atoms with E-state index in [-0.39, 0.29) is 22.1 Å². The molecule has 0 atom stereocenters. The quantitative estimate of drug-likeness (QED) is 0.789. The van der Waals surface area contributed by atoms with Gasteiger partial charge in [0.15, 0.2) is 0 Å². The Bertz CT molecular complexity index is 641. The number of hydrogen-bond donors (Lipinski definition) is 3. The number of phenolic OH excluding ortho intramolecular Hbond substituents is 2. The molecule has 5 heteroatoms. The van der Waals surface area contributed by atoms with Crippen molar-refractivity contribution in [1.29, 1.82) is 0 Å². The summed E-state index contributed by atoms with van der Waals surface area (Å²) in [5.41, 5.74) is 1.19. The lowest BCUT2D eigenvalue weighted by Crippen LogP contribution is -2.12. The number of phenols is 2. The molecule has 0 aromatic heterocycles. The van der Waals surface area contributed by atoms with E-state index in [0.29, 0.717) is 11.3 Å². The monoisotopic (exact) mass is 277 g/mol. The number of anilines is 1. The highest BCUT2D eigenvalue weighted by molar-refractivity contribution is 6.32. The molecule has 0 fully saturated rings. The zero-order chi connectivity index (χ0) is 14.0. The molecule has 2 aromatic rings. The molecule has 0 bridgehead atoms. The van der Waals surface area contributed by atoms with E-state index in [4.69, 9.17) is 11.6 Å². The normalized spacial score (nSPS) is 10.2. The molecule has 2 aromatic carbocycles. The van der Waals surface area contributed by atoms with Crippen molar-refractivity contribution in [2.75, 3.05) is 5.32 Å². The first-order chi connectivity index (χ1) is 8.99. The number of aryl methyl sites for hydroxylation is 1. The fourth-order valence-corrected chi connectivity index (χ4v) is 1.75. The summed E-state index contributed by atoms with van der Waals surface area (Å²) in [6, 6.07) is 9.29. The predicted octanol–water partition coefficient (Wildman–Crippen LogP) is 3.31. The maximum atomic E-state index is 12.0. The van der Waals surface area contributed by atoms with Gasteiger partial charge in [0.2, 0.25) is 0 Å². The molecule has 0 heterocycles. The van der Waals surface area contributed by atoms with Crippen LogP contribution >= 0.6 is 11.6 Å². The third kappa shape index (κ3) is 2.80. The fourth-order valence-electron chi connectivity index (χ4n) is 1.63. The summed E-state index contributed by atoms with van der Waals surface area (Å²) in [4.78, 5) is 12.0. The number of para-hydroxylation sites is 1. The maximum absolute atomic E-state index is 12.0. The van der Waals surface area contributed by atoms with Gasteiger partial charge in [0.25, 0.3) is 5.91 Å². The summed E-state index contributed by atoms with van der Waals surface area (Å²) in [6.45, 7) is 1.71. The van der Waals surface area contributed by atoms with Gasteiger partial charge in [-0.25, -0.2) is 0 Å². The van der Waals surface area contributed by atoms with Crippen LogP contribution in [0.5, 0.6) is 11.5 Å². The molecule has 0 aliphatic heterocycles. The van der Waals surface area contributed by atoms with E-state index < -0.39 is 5.91 Å². The Kier molecular flexibility index (Phi) is 3.62. The van der Waals surface area contributed by atoms with Crippen LogP contribution in [0.1, 0.15) is 15.9 Å². The van der Waals surface area contributed by atoms with Crippen molar-refractivity contribution in [3.8, 4) is 11.5 Å². The number of rotatable bonds is 2. The molecule has 0 unspecified atom stereocenters. The number of halogens is 1. The number of nitrogens with one attached hydrogen (secondary N) is 1. The van der Waals surface area contributed by atoms with Gasteiger partial charge in [-0.2, -0.15) is 0 Å². The number of carbonyl (C=O) groups excluding carboxylic acids is 1. The topological polar surface area (TPSA) is 69.6 Å². The summed E-state index contributed by atoms with van der Waals surface area (Å²) in [5.74, 6) is -0.631. The molecular weight excluding hydrogens is 266 g/mol. The number of aromatic hydroxyl groups is 2. The van der Waals surface area contributed by atoms with Crippen molar-refractivity contribution in [3.63, 3.8) is 0 Å². The minimum atomic E-state index is -0.456. The molecule has 19 heavy (non-hydrogen) atoms. The highest BCUT2D eigenvalue weighted by Gasteiger charge is 2.13. The molecular formula is C14H12ClNO3. The highest BCUT2D eigenvalue weighted by Crippen LogP contribution is 2.27. The average molecular weight is 278 g/mol. The molecule has 0 spiro atoms. The number of carbonyl (C=O) groups is 1. The van der Waals surface area contributed by atoms with Crippen LogP contribution in [0.4, 0.5) is 5.69 Å². The largest absolute Gasteiger partial charge is 0.507 e. The lowest BCUT2D eigenvalue weighted by molar-refractivity contribution is 0.102. The Labute approximate surface area is 115 Å². The van der Waals surface area contributed by atoms with E-state index in [1.807, 2.05) is 0 Å². The second-order valence-corrected chi connectivity index (χ2v) is 4.50. The van der Waals surface area contributed by atoms with Crippen LogP contribution in [0.15, 0.2) is 36.4 Å². The second-order valence-electron chi connectivity index (χ2n) is 4.09. The van der Waals surface area contributed by atoms with Gasteiger partial charge in [-0.3, -0.25) is 4.79 Å². The zero-order valence-corrected chi connectivity index (χ0v) is 10.9. The van der Waals surface area contributed by atoms with Gasteiger partial charge < -0.3 is 15.5 Å². The molecule has 1 amide bonds. The molecule has 0 saturated carbocycles. The van der Waals surface area contributed by atoms with Crippen LogP contribution in [0.25, 0.3) is 0 Å². The standard InChI is InChI=1S/C14H12ClNO3/c1-8-3-2-4-10(13(8)18)14(19)16-9-5-6-11(15)12(17)7-9/h2-7,17-18H,1H3,(H,16,19). The van der Waals surface area contributed by atoms with Gasteiger partial charge in [0.05, 0.1) is 10.6 Å². The van der Waals surface area contributed by atoms with E-state index in [1.54, 1.807) is 25.1 Å². The Balaban J connectivity index is 2.26. The summed E-state index contributed by atoms with van der Waals surface area (Å²) in [6.07, 6.45) is 0. The van der Waals surface area contributed by atoms with Gasteiger partial charge >= 0.3 is 0 Å². The van der Waals surface area contributed by atoms with E-state index >= 15 is 0 Å². The smallest absolute Gasteiger partial charge is 0.259 e.